The molecule has 104 valence electrons. The third-order valence-electron chi connectivity index (χ3n) is 3.27. The van der Waals surface area contributed by atoms with Crippen LogP contribution in [0, 0.1) is 11.3 Å². The molecule has 0 saturated carbocycles. The standard InChI is InChI=1S/C18H16N2O/c1-13(2)18(21)20(3)17-11-7-10-15(16(17)12-19)14-8-5-4-6-9-14/h4-11H,1H2,2-3H3. The number of anilines is 1. The van der Waals surface area contributed by atoms with E-state index in [-0.39, 0.29) is 5.91 Å². The van der Waals surface area contributed by atoms with Crippen molar-refractivity contribution in [3.05, 3.63) is 66.2 Å². The van der Waals surface area contributed by atoms with Gasteiger partial charge in [0.25, 0.3) is 5.91 Å². The molecule has 2 rings (SSSR count). The summed E-state index contributed by atoms with van der Waals surface area (Å²) >= 11 is 0. The van der Waals surface area contributed by atoms with E-state index in [0.717, 1.165) is 11.1 Å². The van der Waals surface area contributed by atoms with Crippen molar-refractivity contribution in [1.29, 1.82) is 5.26 Å². The highest BCUT2D eigenvalue weighted by atomic mass is 16.2. The first-order chi connectivity index (χ1) is 10.1. The molecule has 2 aromatic carbocycles. The van der Waals surface area contributed by atoms with E-state index in [0.29, 0.717) is 16.8 Å². The molecule has 0 spiro atoms. The molecule has 0 saturated heterocycles. The summed E-state index contributed by atoms with van der Waals surface area (Å²) in [5.74, 6) is -0.197. The Hall–Kier alpha value is -2.86. The lowest BCUT2D eigenvalue weighted by molar-refractivity contribution is -0.114. The van der Waals surface area contributed by atoms with Crippen LogP contribution < -0.4 is 4.90 Å². The van der Waals surface area contributed by atoms with E-state index in [4.69, 9.17) is 0 Å². The lowest BCUT2D eigenvalue weighted by Gasteiger charge is -2.20. The second kappa shape index (κ2) is 6.06. The summed E-state index contributed by atoms with van der Waals surface area (Å²) in [6.07, 6.45) is 0. The highest BCUT2D eigenvalue weighted by molar-refractivity contribution is 6.05. The van der Waals surface area contributed by atoms with Crippen LogP contribution in [0.5, 0.6) is 0 Å². The lowest BCUT2D eigenvalue weighted by atomic mass is 9.98. The van der Waals surface area contributed by atoms with Gasteiger partial charge in [-0.1, -0.05) is 49.0 Å². The molecule has 3 heteroatoms. The molecule has 21 heavy (non-hydrogen) atoms. The van der Waals surface area contributed by atoms with Crippen molar-refractivity contribution in [2.45, 2.75) is 6.92 Å². The number of amides is 1. The average molecular weight is 276 g/mol. The smallest absolute Gasteiger partial charge is 0.253 e. The van der Waals surface area contributed by atoms with Gasteiger partial charge in [-0.05, 0) is 18.6 Å². The van der Waals surface area contributed by atoms with E-state index in [2.05, 4.69) is 12.6 Å². The summed E-state index contributed by atoms with van der Waals surface area (Å²) < 4.78 is 0. The quantitative estimate of drug-likeness (QED) is 0.801. The van der Waals surface area contributed by atoms with E-state index in [1.807, 2.05) is 42.5 Å². The zero-order valence-electron chi connectivity index (χ0n) is 12.1. The molecule has 0 aliphatic carbocycles. The fourth-order valence-electron chi connectivity index (χ4n) is 2.19. The third kappa shape index (κ3) is 2.85. The van der Waals surface area contributed by atoms with Crippen LogP contribution in [0.1, 0.15) is 12.5 Å². The Labute approximate surface area is 124 Å². The van der Waals surface area contributed by atoms with Crippen molar-refractivity contribution in [3.63, 3.8) is 0 Å². The van der Waals surface area contributed by atoms with Gasteiger partial charge in [0.15, 0.2) is 0 Å². The molecular weight excluding hydrogens is 260 g/mol. The Bertz CT molecular complexity index is 727. The maximum Gasteiger partial charge on any atom is 0.253 e. The number of hydrogen-bond acceptors (Lipinski definition) is 2. The van der Waals surface area contributed by atoms with Crippen LogP contribution in [0.4, 0.5) is 5.69 Å². The van der Waals surface area contributed by atoms with Crippen molar-refractivity contribution in [2.24, 2.45) is 0 Å². The zero-order valence-corrected chi connectivity index (χ0v) is 12.1. The Morgan fingerprint density at radius 3 is 2.38 bits per heavy atom. The van der Waals surface area contributed by atoms with Crippen LogP contribution in [0.2, 0.25) is 0 Å². The second-order valence-corrected chi connectivity index (χ2v) is 4.82. The van der Waals surface area contributed by atoms with Gasteiger partial charge in [0.05, 0.1) is 11.3 Å². The van der Waals surface area contributed by atoms with Crippen LogP contribution in [0.25, 0.3) is 11.1 Å². The number of nitriles is 1. The van der Waals surface area contributed by atoms with E-state index in [1.165, 1.54) is 4.90 Å². The SMILES string of the molecule is C=C(C)C(=O)N(C)c1cccc(-c2ccccc2)c1C#N. The molecule has 0 radical (unpaired) electrons. The molecule has 0 unspecified atom stereocenters. The van der Waals surface area contributed by atoms with Crippen LogP contribution in [0.3, 0.4) is 0 Å². The van der Waals surface area contributed by atoms with Crippen LogP contribution in [-0.2, 0) is 4.79 Å². The van der Waals surface area contributed by atoms with Gasteiger partial charge in [0, 0.05) is 18.2 Å². The van der Waals surface area contributed by atoms with Crippen molar-refractivity contribution in [1.82, 2.24) is 0 Å². The monoisotopic (exact) mass is 276 g/mol. The molecule has 0 aromatic heterocycles. The van der Waals surface area contributed by atoms with E-state index in [1.54, 1.807) is 20.0 Å². The van der Waals surface area contributed by atoms with Gasteiger partial charge in [0.1, 0.15) is 6.07 Å². The second-order valence-electron chi connectivity index (χ2n) is 4.82. The fourth-order valence-corrected chi connectivity index (χ4v) is 2.19. The first-order valence-electron chi connectivity index (χ1n) is 6.58. The van der Waals surface area contributed by atoms with Crippen LogP contribution in [-0.4, -0.2) is 13.0 Å². The Balaban J connectivity index is 2.58. The number of benzene rings is 2. The molecule has 1 amide bonds. The lowest BCUT2D eigenvalue weighted by Crippen LogP contribution is -2.27. The molecule has 0 aliphatic rings. The first kappa shape index (κ1) is 14.5. The van der Waals surface area contributed by atoms with E-state index >= 15 is 0 Å². The molecule has 3 nitrogen and oxygen atoms in total. The topological polar surface area (TPSA) is 44.1 Å². The Kier molecular flexibility index (Phi) is 4.20. The molecule has 0 atom stereocenters. The van der Waals surface area contributed by atoms with Crippen molar-refractivity contribution >= 4 is 11.6 Å². The number of carbonyl (C=O) groups excluding carboxylic acids is 1. The minimum Gasteiger partial charge on any atom is -0.310 e. The maximum atomic E-state index is 12.1. The zero-order chi connectivity index (χ0) is 15.4. The highest BCUT2D eigenvalue weighted by Gasteiger charge is 2.17. The van der Waals surface area contributed by atoms with Gasteiger partial charge in [-0.15, -0.1) is 0 Å². The van der Waals surface area contributed by atoms with Crippen molar-refractivity contribution < 1.29 is 4.79 Å². The molecule has 0 fully saturated rings. The summed E-state index contributed by atoms with van der Waals surface area (Å²) in [4.78, 5) is 13.5. The van der Waals surface area contributed by atoms with Crippen LogP contribution in [0.15, 0.2) is 60.7 Å². The molecule has 0 N–H and O–H groups in total. The predicted octanol–water partition coefficient (Wildman–Crippen LogP) is 3.76. The summed E-state index contributed by atoms with van der Waals surface area (Å²) in [7, 11) is 1.65. The van der Waals surface area contributed by atoms with Gasteiger partial charge >= 0.3 is 0 Å². The number of rotatable bonds is 3. The summed E-state index contributed by atoms with van der Waals surface area (Å²) in [5.41, 5.74) is 3.28. The number of nitrogens with zero attached hydrogens (tertiary/aromatic N) is 2. The number of likely N-dealkylation sites (N-methyl/N-ethyl adjacent to an activating group) is 1. The molecule has 0 heterocycles. The first-order valence-corrected chi connectivity index (χ1v) is 6.58. The van der Waals surface area contributed by atoms with Gasteiger partial charge < -0.3 is 4.90 Å². The van der Waals surface area contributed by atoms with Crippen LogP contribution >= 0.6 is 0 Å². The predicted molar refractivity (Wildman–Crippen MR) is 84.8 cm³/mol. The third-order valence-corrected chi connectivity index (χ3v) is 3.27. The van der Waals surface area contributed by atoms with Gasteiger partial charge in [-0.25, -0.2) is 0 Å². The number of carbonyl (C=O) groups is 1. The highest BCUT2D eigenvalue weighted by Crippen LogP contribution is 2.30. The minimum absolute atomic E-state index is 0.197. The van der Waals surface area contributed by atoms with E-state index < -0.39 is 0 Å². The summed E-state index contributed by atoms with van der Waals surface area (Å²) in [6, 6.07) is 17.4. The normalized spacial score (nSPS) is 9.76. The average Bonchev–Trinajstić information content (AvgIpc) is 2.53. The van der Waals surface area contributed by atoms with E-state index in [9.17, 15) is 10.1 Å². The number of hydrogen-bond donors (Lipinski definition) is 0. The maximum absolute atomic E-state index is 12.1. The van der Waals surface area contributed by atoms with Gasteiger partial charge in [-0.2, -0.15) is 5.26 Å². The molecule has 0 aliphatic heterocycles. The van der Waals surface area contributed by atoms with Crippen molar-refractivity contribution in [3.8, 4) is 17.2 Å². The minimum atomic E-state index is -0.197. The molecule has 0 bridgehead atoms. The van der Waals surface area contributed by atoms with Crippen molar-refractivity contribution in [2.75, 3.05) is 11.9 Å². The summed E-state index contributed by atoms with van der Waals surface area (Å²) in [5, 5.41) is 9.52. The molecule has 2 aromatic rings. The summed E-state index contributed by atoms with van der Waals surface area (Å²) in [6.45, 7) is 5.32. The molecular formula is C18H16N2O. The Morgan fingerprint density at radius 1 is 1.14 bits per heavy atom. The van der Waals surface area contributed by atoms with Gasteiger partial charge in [0.2, 0.25) is 0 Å². The largest absolute Gasteiger partial charge is 0.310 e. The van der Waals surface area contributed by atoms with Gasteiger partial charge in [-0.3, -0.25) is 4.79 Å². The Morgan fingerprint density at radius 2 is 1.81 bits per heavy atom. The fraction of sp³-hybridized carbons (Fsp3) is 0.111.